The topological polar surface area (TPSA) is 107 Å². The zero-order valence-electron chi connectivity index (χ0n) is 22.5. The summed E-state index contributed by atoms with van der Waals surface area (Å²) >= 11 is 0. The second-order valence-corrected chi connectivity index (χ2v) is 9.82. The zero-order chi connectivity index (χ0) is 27.5. The van der Waals surface area contributed by atoms with Crippen LogP contribution in [-0.2, 0) is 17.9 Å². The van der Waals surface area contributed by atoms with Crippen molar-refractivity contribution in [2.75, 3.05) is 38.4 Å². The van der Waals surface area contributed by atoms with Gasteiger partial charge in [0, 0.05) is 56.9 Å². The van der Waals surface area contributed by atoms with Crippen LogP contribution >= 0.6 is 0 Å². The van der Waals surface area contributed by atoms with Gasteiger partial charge in [-0.1, -0.05) is 18.2 Å². The number of rotatable bonds is 8. The lowest BCUT2D eigenvalue weighted by molar-refractivity contribution is -0.127. The van der Waals surface area contributed by atoms with Gasteiger partial charge in [-0.15, -0.1) is 0 Å². The van der Waals surface area contributed by atoms with Gasteiger partial charge in [0.05, 0.1) is 7.11 Å². The molecule has 1 N–H and O–H groups in total. The highest BCUT2D eigenvalue weighted by Gasteiger charge is 2.33. The van der Waals surface area contributed by atoms with Crippen LogP contribution in [0.1, 0.15) is 16.8 Å². The van der Waals surface area contributed by atoms with Gasteiger partial charge >= 0.3 is 0 Å². The molecule has 0 spiro atoms. The van der Waals surface area contributed by atoms with Crippen LogP contribution in [0.2, 0.25) is 0 Å². The van der Waals surface area contributed by atoms with E-state index in [-0.39, 0.29) is 12.7 Å². The quantitative estimate of drug-likeness (QED) is 0.360. The molecule has 40 heavy (non-hydrogen) atoms. The van der Waals surface area contributed by atoms with E-state index in [4.69, 9.17) is 19.2 Å². The maximum atomic E-state index is 13.7. The summed E-state index contributed by atoms with van der Waals surface area (Å²) in [5.41, 5.74) is 2.91. The molecule has 2 aliphatic heterocycles. The number of aryl methyl sites for hydroxylation is 1. The molecule has 11 heteroatoms. The van der Waals surface area contributed by atoms with Crippen LogP contribution in [0, 0.1) is 6.92 Å². The summed E-state index contributed by atoms with van der Waals surface area (Å²) < 4.78 is 18.0. The van der Waals surface area contributed by atoms with E-state index >= 15 is 0 Å². The molecule has 11 nitrogen and oxygen atoms in total. The second-order valence-electron chi connectivity index (χ2n) is 9.82. The highest BCUT2D eigenvalue weighted by molar-refractivity contribution is 5.82. The number of anilines is 1. The largest absolute Gasteiger partial charge is 0.497 e. The number of methoxy groups -OCH3 is 1. The van der Waals surface area contributed by atoms with Crippen LogP contribution in [-0.4, -0.2) is 69.9 Å². The van der Waals surface area contributed by atoms with E-state index in [1.54, 1.807) is 24.2 Å². The molecular formula is C29H31N7O4. The number of hydrogen-bond donors (Lipinski definition) is 1. The second kappa shape index (κ2) is 11.2. The number of aromatic nitrogens is 4. The minimum absolute atomic E-state index is 0.0449. The number of amides is 1. The average Bonchev–Trinajstić information content (AvgIpc) is 3.69. The first-order valence-corrected chi connectivity index (χ1v) is 13.2. The van der Waals surface area contributed by atoms with E-state index in [1.165, 1.54) is 0 Å². The number of nitrogens with zero attached hydrogens (tertiary/aromatic N) is 6. The van der Waals surface area contributed by atoms with Crippen LogP contribution in [0.4, 0.5) is 5.82 Å². The Morgan fingerprint density at radius 1 is 1.05 bits per heavy atom. The number of imidazole rings is 1. The summed E-state index contributed by atoms with van der Waals surface area (Å²) in [6.45, 7) is 5.10. The smallest absolute Gasteiger partial charge is 0.239 e. The summed E-state index contributed by atoms with van der Waals surface area (Å²) in [5, 5.41) is 3.14. The van der Waals surface area contributed by atoms with Crippen molar-refractivity contribution in [3.63, 3.8) is 0 Å². The van der Waals surface area contributed by atoms with Crippen LogP contribution in [0.5, 0.6) is 17.2 Å². The Balaban J connectivity index is 1.22. The van der Waals surface area contributed by atoms with Crippen molar-refractivity contribution >= 4 is 11.7 Å². The molecule has 4 heterocycles. The van der Waals surface area contributed by atoms with Gasteiger partial charge in [-0.2, -0.15) is 4.98 Å². The lowest BCUT2D eigenvalue weighted by Gasteiger charge is -2.41. The lowest BCUT2D eigenvalue weighted by atomic mass is 10.1. The molecule has 0 radical (unpaired) electrons. The molecule has 0 bridgehead atoms. The summed E-state index contributed by atoms with van der Waals surface area (Å²) in [6.07, 6.45) is 5.19. The maximum Gasteiger partial charge on any atom is 0.239 e. The van der Waals surface area contributed by atoms with Crippen molar-refractivity contribution in [3.05, 3.63) is 84.1 Å². The van der Waals surface area contributed by atoms with E-state index in [9.17, 15) is 4.79 Å². The van der Waals surface area contributed by atoms with E-state index in [0.29, 0.717) is 37.9 Å². The molecular weight excluding hydrogens is 510 g/mol. The van der Waals surface area contributed by atoms with Gasteiger partial charge < -0.3 is 24.4 Å². The highest BCUT2D eigenvalue weighted by atomic mass is 16.7. The Bertz CT molecular complexity index is 1480. The Labute approximate surface area is 232 Å². The third-order valence-electron chi connectivity index (χ3n) is 7.13. The summed E-state index contributed by atoms with van der Waals surface area (Å²) in [5.74, 6) is 3.52. The molecule has 1 saturated heterocycles. The van der Waals surface area contributed by atoms with Gasteiger partial charge in [0.2, 0.25) is 18.6 Å². The summed E-state index contributed by atoms with van der Waals surface area (Å²) in [7, 11) is 1.65. The molecule has 2 aromatic heterocycles. The van der Waals surface area contributed by atoms with Crippen molar-refractivity contribution in [3.8, 4) is 23.2 Å². The predicted molar refractivity (Wildman–Crippen MR) is 148 cm³/mol. The van der Waals surface area contributed by atoms with E-state index < -0.39 is 6.04 Å². The molecule has 6 rings (SSSR count). The van der Waals surface area contributed by atoms with Crippen LogP contribution in [0.15, 0.2) is 67.3 Å². The third-order valence-corrected chi connectivity index (χ3v) is 7.13. The van der Waals surface area contributed by atoms with Crippen LogP contribution in [0.3, 0.4) is 0 Å². The molecule has 1 fully saturated rings. The molecule has 0 saturated carbocycles. The number of benzene rings is 2. The SMILES string of the molecule is COc1ccc(CN2CCN(c3cc(C)nc(-n4ccnc4)n3)CC2C(=O)NCc2ccc3c(c2)OCO3)cc1. The molecule has 0 aliphatic carbocycles. The summed E-state index contributed by atoms with van der Waals surface area (Å²) in [4.78, 5) is 31.6. The van der Waals surface area contributed by atoms with E-state index in [1.807, 2.05) is 61.7 Å². The minimum Gasteiger partial charge on any atom is -0.497 e. The van der Waals surface area contributed by atoms with Gasteiger partial charge in [-0.05, 0) is 42.3 Å². The number of ether oxygens (including phenoxy) is 3. The third kappa shape index (κ3) is 5.55. The molecule has 2 aromatic carbocycles. The highest BCUT2D eigenvalue weighted by Crippen LogP contribution is 2.32. The van der Waals surface area contributed by atoms with Crippen LogP contribution < -0.4 is 24.4 Å². The Kier molecular flexibility index (Phi) is 7.19. The standard InChI is InChI=1S/C29H31N7O4/c1-20-13-27(33-29(32-20)36-10-9-30-18-36)35-12-11-34(16-21-3-6-23(38-2)7-4-21)24(17-35)28(37)31-15-22-5-8-25-26(14-22)40-19-39-25/h3-10,13-14,18,24H,11-12,15-17,19H2,1-2H3,(H,31,37). The van der Waals surface area contributed by atoms with Gasteiger partial charge in [0.1, 0.15) is 23.9 Å². The van der Waals surface area contributed by atoms with Gasteiger partial charge in [0.25, 0.3) is 0 Å². The number of nitrogens with one attached hydrogen (secondary N) is 1. The molecule has 2 aliphatic rings. The van der Waals surface area contributed by atoms with E-state index in [0.717, 1.165) is 40.7 Å². The average molecular weight is 542 g/mol. The first-order chi connectivity index (χ1) is 19.6. The monoisotopic (exact) mass is 541 g/mol. The van der Waals surface area contributed by atoms with E-state index in [2.05, 4.69) is 25.1 Å². The Morgan fingerprint density at radius 3 is 2.67 bits per heavy atom. The Hall–Kier alpha value is -4.64. The van der Waals surface area contributed by atoms with Crippen molar-refractivity contribution in [2.45, 2.75) is 26.1 Å². The van der Waals surface area contributed by atoms with Crippen molar-refractivity contribution < 1.29 is 19.0 Å². The van der Waals surface area contributed by atoms with Gasteiger partial charge in [-0.25, -0.2) is 9.97 Å². The van der Waals surface area contributed by atoms with Gasteiger partial charge in [0.15, 0.2) is 11.5 Å². The normalized spacial score (nSPS) is 16.6. The van der Waals surface area contributed by atoms with Crippen LogP contribution in [0.25, 0.3) is 5.95 Å². The van der Waals surface area contributed by atoms with Crippen molar-refractivity contribution in [1.82, 2.24) is 29.7 Å². The number of carbonyl (C=O) groups excluding carboxylic acids is 1. The molecule has 1 atom stereocenters. The molecule has 1 unspecified atom stereocenters. The van der Waals surface area contributed by atoms with Gasteiger partial charge in [-0.3, -0.25) is 14.3 Å². The predicted octanol–water partition coefficient (Wildman–Crippen LogP) is 2.72. The number of carbonyl (C=O) groups is 1. The minimum atomic E-state index is -0.392. The first-order valence-electron chi connectivity index (χ1n) is 13.2. The Morgan fingerprint density at radius 2 is 1.88 bits per heavy atom. The fraction of sp³-hybridized carbons (Fsp3) is 0.310. The molecule has 4 aromatic rings. The maximum absolute atomic E-state index is 13.7. The first kappa shape index (κ1) is 25.6. The van der Waals surface area contributed by atoms with Crippen molar-refractivity contribution in [1.29, 1.82) is 0 Å². The number of hydrogen-bond acceptors (Lipinski definition) is 9. The number of fused-ring (bicyclic) bond motifs is 1. The summed E-state index contributed by atoms with van der Waals surface area (Å²) in [6, 6.07) is 15.3. The molecule has 1 amide bonds. The van der Waals surface area contributed by atoms with Crippen molar-refractivity contribution in [2.24, 2.45) is 0 Å². The fourth-order valence-electron chi connectivity index (χ4n) is 4.98. The lowest BCUT2D eigenvalue weighted by Crippen LogP contribution is -2.58. The number of piperazine rings is 1. The molecule has 206 valence electrons. The zero-order valence-corrected chi connectivity index (χ0v) is 22.5. The fourth-order valence-corrected chi connectivity index (χ4v) is 4.98.